The van der Waals surface area contributed by atoms with E-state index in [0.29, 0.717) is 27.3 Å². The zero-order chi connectivity index (χ0) is 19.0. The van der Waals surface area contributed by atoms with Crippen molar-refractivity contribution in [2.24, 2.45) is 0 Å². The number of nitrogens with one attached hydrogen (secondary N) is 1. The molecule has 0 aliphatic carbocycles. The van der Waals surface area contributed by atoms with Crippen LogP contribution in [0.1, 0.15) is 16.6 Å². The first-order valence-corrected chi connectivity index (χ1v) is 8.92. The van der Waals surface area contributed by atoms with Gasteiger partial charge in [0.15, 0.2) is 17.6 Å². The molecule has 0 fully saturated rings. The van der Waals surface area contributed by atoms with Crippen LogP contribution in [-0.4, -0.2) is 24.8 Å². The summed E-state index contributed by atoms with van der Waals surface area (Å²) in [5.74, 6) is -0.441. The molecule has 0 bridgehead atoms. The molecule has 0 unspecified atom stereocenters. The van der Waals surface area contributed by atoms with Crippen LogP contribution in [0.25, 0.3) is 10.1 Å². The second-order valence-electron chi connectivity index (χ2n) is 5.87. The summed E-state index contributed by atoms with van der Waals surface area (Å²) in [5, 5.41) is 3.01. The molecular weight excluding hydrogens is 373 g/mol. The van der Waals surface area contributed by atoms with Gasteiger partial charge in [0.2, 0.25) is 6.79 Å². The van der Waals surface area contributed by atoms with Gasteiger partial charge in [0.25, 0.3) is 5.91 Å². The lowest BCUT2D eigenvalue weighted by atomic mass is 10.2. The largest absolute Gasteiger partial charge is 0.454 e. The van der Waals surface area contributed by atoms with Crippen molar-refractivity contribution in [3.8, 4) is 11.5 Å². The molecule has 1 N–H and O–H groups in total. The van der Waals surface area contributed by atoms with Crippen molar-refractivity contribution >= 4 is 39.0 Å². The van der Waals surface area contributed by atoms with E-state index in [1.165, 1.54) is 19.1 Å². The average Bonchev–Trinajstić information content (AvgIpc) is 3.28. The highest BCUT2D eigenvalue weighted by molar-refractivity contribution is 7.20. The molecule has 2 heterocycles. The van der Waals surface area contributed by atoms with Crippen LogP contribution in [0.2, 0.25) is 0 Å². The topological polar surface area (TPSA) is 73.9 Å². The number of thiophene rings is 1. The summed E-state index contributed by atoms with van der Waals surface area (Å²) in [4.78, 5) is 24.8. The standard InChI is InChI=1S/C19H14FNO5S/c1-10(18(22)21-11-5-6-14-15(7-11)25-9-24-14)26-19(23)17-8-12-13(20)3-2-4-16(12)27-17/h2-8,10H,9H2,1H3,(H,21,22)/t10-/m0/s1. The number of hydrogen-bond donors (Lipinski definition) is 1. The summed E-state index contributed by atoms with van der Waals surface area (Å²) in [6, 6.07) is 11.0. The summed E-state index contributed by atoms with van der Waals surface area (Å²) in [5.41, 5.74) is 0.496. The molecule has 1 aromatic heterocycles. The summed E-state index contributed by atoms with van der Waals surface area (Å²) in [7, 11) is 0. The van der Waals surface area contributed by atoms with Gasteiger partial charge in [-0.3, -0.25) is 4.79 Å². The second kappa shape index (κ2) is 6.88. The van der Waals surface area contributed by atoms with Crippen LogP contribution in [0, 0.1) is 5.82 Å². The molecule has 0 radical (unpaired) electrons. The molecular formula is C19H14FNO5S. The second-order valence-corrected chi connectivity index (χ2v) is 6.95. The maximum atomic E-state index is 13.8. The van der Waals surface area contributed by atoms with Gasteiger partial charge >= 0.3 is 5.97 Å². The number of amides is 1. The van der Waals surface area contributed by atoms with Gasteiger partial charge < -0.3 is 19.5 Å². The Labute approximate surface area is 157 Å². The lowest BCUT2D eigenvalue weighted by molar-refractivity contribution is -0.123. The van der Waals surface area contributed by atoms with Gasteiger partial charge in [0, 0.05) is 21.8 Å². The van der Waals surface area contributed by atoms with Gasteiger partial charge in [0.05, 0.1) is 0 Å². The Kier molecular flexibility index (Phi) is 4.41. The number of hydrogen-bond acceptors (Lipinski definition) is 6. The van der Waals surface area contributed by atoms with Gasteiger partial charge in [-0.05, 0) is 37.3 Å². The molecule has 0 spiro atoms. The minimum atomic E-state index is -1.03. The monoisotopic (exact) mass is 387 g/mol. The van der Waals surface area contributed by atoms with Crippen molar-refractivity contribution in [3.05, 3.63) is 53.2 Å². The molecule has 8 heteroatoms. The number of fused-ring (bicyclic) bond motifs is 2. The van der Waals surface area contributed by atoms with E-state index in [1.54, 1.807) is 30.3 Å². The highest BCUT2D eigenvalue weighted by Gasteiger charge is 2.22. The Morgan fingerprint density at radius 1 is 1.19 bits per heavy atom. The quantitative estimate of drug-likeness (QED) is 0.686. The zero-order valence-corrected chi connectivity index (χ0v) is 15.0. The number of benzene rings is 2. The van der Waals surface area contributed by atoms with E-state index in [2.05, 4.69) is 5.32 Å². The van der Waals surface area contributed by atoms with Crippen LogP contribution in [0.15, 0.2) is 42.5 Å². The van der Waals surface area contributed by atoms with Crippen LogP contribution < -0.4 is 14.8 Å². The van der Waals surface area contributed by atoms with E-state index in [0.717, 1.165) is 11.3 Å². The Morgan fingerprint density at radius 3 is 2.81 bits per heavy atom. The first-order chi connectivity index (χ1) is 13.0. The third-order valence-electron chi connectivity index (χ3n) is 4.00. The van der Waals surface area contributed by atoms with Gasteiger partial charge in [-0.15, -0.1) is 11.3 Å². The van der Waals surface area contributed by atoms with E-state index >= 15 is 0 Å². The van der Waals surface area contributed by atoms with Crippen LogP contribution in [-0.2, 0) is 9.53 Å². The molecule has 1 amide bonds. The molecule has 27 heavy (non-hydrogen) atoms. The van der Waals surface area contributed by atoms with Crippen molar-refractivity contribution in [1.29, 1.82) is 0 Å². The highest BCUT2D eigenvalue weighted by Crippen LogP contribution is 2.34. The first kappa shape index (κ1) is 17.3. The Morgan fingerprint density at radius 2 is 2.00 bits per heavy atom. The highest BCUT2D eigenvalue weighted by atomic mass is 32.1. The lowest BCUT2D eigenvalue weighted by Crippen LogP contribution is -2.29. The van der Waals surface area contributed by atoms with Gasteiger partial charge in [-0.2, -0.15) is 0 Å². The fourth-order valence-electron chi connectivity index (χ4n) is 2.62. The predicted molar refractivity (Wildman–Crippen MR) is 97.9 cm³/mol. The van der Waals surface area contributed by atoms with E-state index in [-0.39, 0.29) is 11.7 Å². The van der Waals surface area contributed by atoms with Crippen LogP contribution in [0.5, 0.6) is 11.5 Å². The summed E-state index contributed by atoms with van der Waals surface area (Å²) in [6.45, 7) is 1.60. The van der Waals surface area contributed by atoms with E-state index in [9.17, 15) is 14.0 Å². The Balaban J connectivity index is 1.42. The first-order valence-electron chi connectivity index (χ1n) is 8.11. The van der Waals surface area contributed by atoms with E-state index in [4.69, 9.17) is 14.2 Å². The average molecular weight is 387 g/mol. The third-order valence-corrected chi connectivity index (χ3v) is 5.08. The van der Waals surface area contributed by atoms with Gasteiger partial charge in [-0.25, -0.2) is 9.18 Å². The van der Waals surface area contributed by atoms with Gasteiger partial charge in [0.1, 0.15) is 10.7 Å². The number of carbonyl (C=O) groups is 2. The maximum absolute atomic E-state index is 13.8. The van der Waals surface area contributed by atoms with Crippen molar-refractivity contribution in [1.82, 2.24) is 0 Å². The third kappa shape index (κ3) is 3.43. The maximum Gasteiger partial charge on any atom is 0.349 e. The van der Waals surface area contributed by atoms with Crippen molar-refractivity contribution in [2.75, 3.05) is 12.1 Å². The number of halogens is 1. The lowest BCUT2D eigenvalue weighted by Gasteiger charge is -2.13. The van der Waals surface area contributed by atoms with E-state index < -0.39 is 23.8 Å². The molecule has 1 aliphatic rings. The van der Waals surface area contributed by atoms with Crippen LogP contribution in [0.4, 0.5) is 10.1 Å². The van der Waals surface area contributed by atoms with Gasteiger partial charge in [-0.1, -0.05) is 6.07 Å². The summed E-state index contributed by atoms with van der Waals surface area (Å²) < 4.78 is 30.1. The molecule has 0 saturated heterocycles. The predicted octanol–water partition coefficient (Wildman–Crippen LogP) is 3.95. The molecule has 0 saturated carbocycles. The number of rotatable bonds is 4. The molecule has 138 valence electrons. The minimum Gasteiger partial charge on any atom is -0.454 e. The number of ether oxygens (including phenoxy) is 3. The molecule has 6 nitrogen and oxygen atoms in total. The molecule has 2 aromatic carbocycles. The fourth-order valence-corrected chi connectivity index (χ4v) is 3.57. The molecule has 4 rings (SSSR count). The Hall–Kier alpha value is -3.13. The summed E-state index contributed by atoms with van der Waals surface area (Å²) >= 11 is 1.11. The summed E-state index contributed by atoms with van der Waals surface area (Å²) in [6.07, 6.45) is -1.03. The van der Waals surface area contributed by atoms with Crippen molar-refractivity contribution < 1.29 is 28.2 Å². The molecule has 3 aromatic rings. The Bertz CT molecular complexity index is 1050. The zero-order valence-electron chi connectivity index (χ0n) is 14.2. The number of anilines is 1. The SMILES string of the molecule is C[C@H](OC(=O)c1cc2c(F)cccc2s1)C(=O)Nc1ccc2c(c1)OCO2. The minimum absolute atomic E-state index is 0.135. The van der Waals surface area contributed by atoms with Crippen molar-refractivity contribution in [3.63, 3.8) is 0 Å². The van der Waals surface area contributed by atoms with Crippen molar-refractivity contribution in [2.45, 2.75) is 13.0 Å². The fraction of sp³-hybridized carbons (Fsp3) is 0.158. The number of esters is 1. The van der Waals surface area contributed by atoms with Crippen LogP contribution in [0.3, 0.4) is 0 Å². The molecule has 1 aliphatic heterocycles. The van der Waals surface area contributed by atoms with E-state index in [1.807, 2.05) is 0 Å². The van der Waals surface area contributed by atoms with Crippen LogP contribution >= 0.6 is 11.3 Å². The smallest absolute Gasteiger partial charge is 0.349 e. The number of carbonyl (C=O) groups excluding carboxylic acids is 2. The molecule has 1 atom stereocenters. The normalized spacial score (nSPS) is 13.4.